The third-order valence-corrected chi connectivity index (χ3v) is 11.0. The van der Waals surface area contributed by atoms with Gasteiger partial charge in [0.15, 0.2) is 0 Å². The Morgan fingerprint density at radius 3 is 2.12 bits per heavy atom. The number of pyridine rings is 4. The SMILES string of the molecule is Cc1ccc(-c2[c-]cc(C)c(-c3ccccc3)c2)nc1.Cc1ccc2c(n1)oc1c(-c3cc(-c4cc5ccc(-c6c(C)cccc6C)nc5cc4C)ccn3)[c-]ccc12.[Ir]. The molecule has 0 bridgehead atoms. The molecule has 60 heavy (non-hydrogen) atoms. The van der Waals surface area contributed by atoms with E-state index < -0.39 is 0 Å². The Labute approximate surface area is 364 Å². The summed E-state index contributed by atoms with van der Waals surface area (Å²) in [6.07, 6.45) is 3.75. The summed E-state index contributed by atoms with van der Waals surface area (Å²) in [5, 5.41) is 3.13. The van der Waals surface area contributed by atoms with Crippen LogP contribution in [0.25, 0.3) is 89.0 Å². The predicted octanol–water partition coefficient (Wildman–Crippen LogP) is 13.8. The van der Waals surface area contributed by atoms with Crippen molar-refractivity contribution in [1.29, 1.82) is 0 Å². The first kappa shape index (κ1) is 40.2. The Kier molecular flexibility index (Phi) is 11.4. The second-order valence-corrected chi connectivity index (χ2v) is 15.3. The van der Waals surface area contributed by atoms with Crippen LogP contribution in [0.1, 0.15) is 33.5 Å². The summed E-state index contributed by atoms with van der Waals surface area (Å²) in [6, 6.07) is 52.7. The van der Waals surface area contributed by atoms with Crippen molar-refractivity contribution in [2.45, 2.75) is 41.5 Å². The Morgan fingerprint density at radius 2 is 1.33 bits per heavy atom. The number of fused-ring (bicyclic) bond motifs is 4. The van der Waals surface area contributed by atoms with Crippen molar-refractivity contribution < 1.29 is 24.5 Å². The molecule has 5 aromatic heterocycles. The van der Waals surface area contributed by atoms with Crippen molar-refractivity contribution >= 4 is 33.0 Å². The first-order chi connectivity index (χ1) is 28.7. The third-order valence-electron chi connectivity index (χ3n) is 11.0. The Hall–Kier alpha value is -6.59. The van der Waals surface area contributed by atoms with E-state index in [1.165, 1.54) is 38.9 Å². The molecule has 5 heterocycles. The molecule has 10 rings (SSSR count). The molecule has 0 aliphatic rings. The van der Waals surface area contributed by atoms with Crippen molar-refractivity contribution in [3.8, 4) is 56.0 Å². The normalized spacial score (nSPS) is 11.0. The molecule has 6 heteroatoms. The van der Waals surface area contributed by atoms with Gasteiger partial charge in [-0.3, -0.25) is 0 Å². The van der Waals surface area contributed by atoms with Crippen LogP contribution in [-0.2, 0) is 20.1 Å². The number of furan rings is 1. The molecular formula is C54H42IrN4O-2. The molecule has 0 aliphatic heterocycles. The molecule has 295 valence electrons. The summed E-state index contributed by atoms with van der Waals surface area (Å²) < 4.78 is 6.22. The summed E-state index contributed by atoms with van der Waals surface area (Å²) >= 11 is 0. The minimum Gasteiger partial charge on any atom is -0.486 e. The third kappa shape index (κ3) is 7.92. The van der Waals surface area contributed by atoms with E-state index >= 15 is 0 Å². The fraction of sp³-hybridized carbons (Fsp3) is 0.111. The molecule has 10 aromatic rings. The Bertz CT molecular complexity index is 3150. The second-order valence-electron chi connectivity index (χ2n) is 15.3. The summed E-state index contributed by atoms with van der Waals surface area (Å²) in [4.78, 5) is 18.8. The van der Waals surface area contributed by atoms with Gasteiger partial charge in [-0.1, -0.05) is 96.2 Å². The van der Waals surface area contributed by atoms with E-state index in [1.54, 1.807) is 0 Å². The van der Waals surface area contributed by atoms with E-state index in [-0.39, 0.29) is 20.1 Å². The van der Waals surface area contributed by atoms with Gasteiger partial charge >= 0.3 is 0 Å². The van der Waals surface area contributed by atoms with Crippen LogP contribution in [-0.4, -0.2) is 19.9 Å². The van der Waals surface area contributed by atoms with Crippen LogP contribution >= 0.6 is 0 Å². The van der Waals surface area contributed by atoms with Gasteiger partial charge in [0.2, 0.25) is 5.71 Å². The van der Waals surface area contributed by atoms with E-state index in [0.29, 0.717) is 5.71 Å². The van der Waals surface area contributed by atoms with Gasteiger partial charge in [-0.25, -0.2) is 9.97 Å². The molecule has 0 N–H and O–H groups in total. The van der Waals surface area contributed by atoms with Gasteiger partial charge in [-0.05, 0) is 121 Å². The van der Waals surface area contributed by atoms with Gasteiger partial charge in [0.05, 0.1) is 16.8 Å². The van der Waals surface area contributed by atoms with E-state index in [0.717, 1.165) is 77.9 Å². The largest absolute Gasteiger partial charge is 0.486 e. The van der Waals surface area contributed by atoms with Gasteiger partial charge in [0.1, 0.15) is 0 Å². The summed E-state index contributed by atoms with van der Waals surface area (Å²) in [6.45, 7) is 12.6. The number of benzene rings is 5. The van der Waals surface area contributed by atoms with Crippen molar-refractivity contribution in [2.75, 3.05) is 0 Å². The molecule has 0 fully saturated rings. The number of aryl methyl sites for hydroxylation is 6. The standard InChI is InChI=1S/C35H26N3O.C19H16N.Ir/c1-20-7-5-8-21(2)33(20)30-14-12-25-18-29(22(3)17-31(25)38-30)24-15-16-36-32(19-24)28-10-6-9-26-27-13-11-23(4)37-35(27)39-34(26)28;1-14-8-11-19(20-13-14)17-10-9-15(2)18(12-17)16-6-4-3-5-7-16;/h5-9,11-19H,1-4H3;3-9,11-13H,1-2H3;/q2*-1;. The van der Waals surface area contributed by atoms with E-state index in [4.69, 9.17) is 14.4 Å². The van der Waals surface area contributed by atoms with Gasteiger partial charge in [-0.2, -0.15) is 0 Å². The molecule has 5 nitrogen and oxygen atoms in total. The van der Waals surface area contributed by atoms with Crippen LogP contribution in [0.4, 0.5) is 0 Å². The first-order valence-corrected chi connectivity index (χ1v) is 19.9. The molecular weight excluding hydrogens is 913 g/mol. The Balaban J connectivity index is 0.000000200. The number of hydrogen-bond donors (Lipinski definition) is 0. The molecule has 0 unspecified atom stereocenters. The zero-order valence-electron chi connectivity index (χ0n) is 34.4. The molecule has 0 saturated carbocycles. The Morgan fingerprint density at radius 1 is 0.550 bits per heavy atom. The van der Waals surface area contributed by atoms with Crippen LogP contribution in [0, 0.1) is 53.7 Å². The van der Waals surface area contributed by atoms with Crippen LogP contribution in [0.5, 0.6) is 0 Å². The number of hydrogen-bond acceptors (Lipinski definition) is 5. The smallest absolute Gasteiger partial charge is 0.216 e. The quantitative estimate of drug-likeness (QED) is 0.161. The minimum atomic E-state index is 0. The van der Waals surface area contributed by atoms with Crippen LogP contribution in [0.3, 0.4) is 0 Å². The van der Waals surface area contributed by atoms with E-state index in [2.05, 4.69) is 147 Å². The maximum Gasteiger partial charge on any atom is 0.216 e. The molecule has 5 aromatic carbocycles. The average Bonchev–Trinajstić information content (AvgIpc) is 3.62. The van der Waals surface area contributed by atoms with Crippen LogP contribution in [0.2, 0.25) is 0 Å². The second kappa shape index (κ2) is 16.9. The molecule has 0 spiro atoms. The predicted molar refractivity (Wildman–Crippen MR) is 242 cm³/mol. The summed E-state index contributed by atoms with van der Waals surface area (Å²) in [5.41, 5.74) is 19.9. The van der Waals surface area contributed by atoms with Crippen molar-refractivity contribution in [2.24, 2.45) is 0 Å². The molecule has 0 aliphatic carbocycles. The van der Waals surface area contributed by atoms with E-state index in [9.17, 15) is 0 Å². The van der Waals surface area contributed by atoms with Gasteiger partial charge in [-0.15, -0.1) is 47.5 Å². The minimum absolute atomic E-state index is 0. The summed E-state index contributed by atoms with van der Waals surface area (Å²) in [7, 11) is 0. The topological polar surface area (TPSA) is 64.7 Å². The maximum absolute atomic E-state index is 6.22. The summed E-state index contributed by atoms with van der Waals surface area (Å²) in [5.74, 6) is 0. The fourth-order valence-corrected chi connectivity index (χ4v) is 7.85. The average molecular weight is 955 g/mol. The van der Waals surface area contributed by atoms with Crippen LogP contribution < -0.4 is 0 Å². The van der Waals surface area contributed by atoms with E-state index in [1.807, 2.05) is 62.6 Å². The van der Waals surface area contributed by atoms with Crippen molar-refractivity contribution in [3.05, 3.63) is 191 Å². The number of rotatable bonds is 5. The van der Waals surface area contributed by atoms with Crippen molar-refractivity contribution in [1.82, 2.24) is 19.9 Å². The zero-order chi connectivity index (χ0) is 40.6. The van der Waals surface area contributed by atoms with Crippen LogP contribution in [0.15, 0.2) is 150 Å². The number of aromatic nitrogens is 4. The van der Waals surface area contributed by atoms with Gasteiger partial charge in [0.25, 0.3) is 0 Å². The molecule has 0 amide bonds. The monoisotopic (exact) mass is 955 g/mol. The molecule has 0 saturated heterocycles. The maximum atomic E-state index is 6.22. The zero-order valence-corrected chi connectivity index (χ0v) is 36.8. The molecule has 1 radical (unpaired) electrons. The number of nitrogens with zero attached hydrogens (tertiary/aromatic N) is 4. The van der Waals surface area contributed by atoms with Gasteiger partial charge < -0.3 is 14.4 Å². The first-order valence-electron chi connectivity index (χ1n) is 19.9. The molecule has 0 atom stereocenters. The fourth-order valence-electron chi connectivity index (χ4n) is 7.85. The van der Waals surface area contributed by atoms with Gasteiger partial charge in [0, 0.05) is 54.5 Å². The van der Waals surface area contributed by atoms with Crippen molar-refractivity contribution in [3.63, 3.8) is 0 Å².